The summed E-state index contributed by atoms with van der Waals surface area (Å²) in [5.74, 6) is 0. The second-order valence-corrected chi connectivity index (χ2v) is 5.69. The van der Waals surface area contributed by atoms with Gasteiger partial charge in [0, 0.05) is 30.9 Å². The fourth-order valence-corrected chi connectivity index (χ4v) is 2.64. The lowest BCUT2D eigenvalue weighted by Gasteiger charge is -2.26. The maximum atomic E-state index is 5.40. The molecule has 1 aliphatic heterocycles. The molecule has 3 nitrogen and oxygen atoms in total. The summed E-state index contributed by atoms with van der Waals surface area (Å²) < 4.78 is 5.40. The molecule has 0 radical (unpaired) electrons. The summed E-state index contributed by atoms with van der Waals surface area (Å²) in [7, 11) is 0. The van der Waals surface area contributed by atoms with Crippen LogP contribution >= 0.6 is 0 Å². The molecule has 0 spiro atoms. The molecule has 1 aromatic carbocycles. The molecule has 1 fully saturated rings. The third-order valence-corrected chi connectivity index (χ3v) is 4.08. The zero-order valence-corrected chi connectivity index (χ0v) is 12.8. The molecule has 0 saturated carbocycles. The summed E-state index contributed by atoms with van der Waals surface area (Å²) in [4.78, 5) is 7.14. The van der Waals surface area contributed by atoms with Crippen molar-refractivity contribution in [2.45, 2.75) is 20.4 Å². The van der Waals surface area contributed by atoms with Crippen LogP contribution in [-0.2, 0) is 11.3 Å². The molecule has 1 saturated heterocycles. The Bertz CT molecular complexity index is 618. The lowest BCUT2D eigenvalue weighted by atomic mass is 10.1. The molecule has 0 amide bonds. The molecule has 1 aliphatic rings. The summed E-state index contributed by atoms with van der Waals surface area (Å²) in [5.41, 5.74) is 5.94. The highest BCUT2D eigenvalue weighted by Gasteiger charge is 2.11. The van der Waals surface area contributed by atoms with Gasteiger partial charge in [0.15, 0.2) is 0 Å². The normalized spacial score (nSPS) is 16.1. The standard InChI is InChI=1S/C18H22N2O/c1-14-6-7-18(19-15(14)2)17-5-3-4-16(12-17)13-20-8-10-21-11-9-20/h3-7,12H,8-11,13H2,1-2H3. The Balaban J connectivity index is 1.80. The Hall–Kier alpha value is -1.71. The lowest BCUT2D eigenvalue weighted by Crippen LogP contribution is -2.35. The van der Waals surface area contributed by atoms with Gasteiger partial charge in [-0.3, -0.25) is 9.88 Å². The zero-order chi connectivity index (χ0) is 14.7. The van der Waals surface area contributed by atoms with E-state index in [1.165, 1.54) is 16.7 Å². The summed E-state index contributed by atoms with van der Waals surface area (Å²) in [6.45, 7) is 8.88. The van der Waals surface area contributed by atoms with Gasteiger partial charge in [0.1, 0.15) is 0 Å². The van der Waals surface area contributed by atoms with Crippen LogP contribution in [0, 0.1) is 13.8 Å². The number of benzene rings is 1. The zero-order valence-electron chi connectivity index (χ0n) is 12.8. The molecule has 21 heavy (non-hydrogen) atoms. The largest absolute Gasteiger partial charge is 0.379 e. The van der Waals surface area contributed by atoms with Crippen LogP contribution in [0.15, 0.2) is 36.4 Å². The summed E-state index contributed by atoms with van der Waals surface area (Å²) >= 11 is 0. The van der Waals surface area contributed by atoms with E-state index in [-0.39, 0.29) is 0 Å². The number of aromatic nitrogens is 1. The van der Waals surface area contributed by atoms with E-state index >= 15 is 0 Å². The Labute approximate surface area is 126 Å². The SMILES string of the molecule is Cc1ccc(-c2cccc(CN3CCOCC3)c2)nc1C. The van der Waals surface area contributed by atoms with E-state index in [0.717, 1.165) is 44.2 Å². The molecule has 0 bridgehead atoms. The fourth-order valence-electron chi connectivity index (χ4n) is 2.64. The van der Waals surface area contributed by atoms with Crippen molar-refractivity contribution in [2.24, 2.45) is 0 Å². The third-order valence-electron chi connectivity index (χ3n) is 4.08. The van der Waals surface area contributed by atoms with Gasteiger partial charge in [-0.25, -0.2) is 0 Å². The van der Waals surface area contributed by atoms with Crippen molar-refractivity contribution in [3.05, 3.63) is 53.2 Å². The van der Waals surface area contributed by atoms with Crippen LogP contribution in [0.3, 0.4) is 0 Å². The van der Waals surface area contributed by atoms with E-state index in [2.05, 4.69) is 55.1 Å². The Morgan fingerprint density at radius 3 is 2.67 bits per heavy atom. The van der Waals surface area contributed by atoms with Gasteiger partial charge in [-0.1, -0.05) is 24.3 Å². The quantitative estimate of drug-likeness (QED) is 0.864. The number of aryl methyl sites for hydroxylation is 2. The maximum absolute atomic E-state index is 5.40. The van der Waals surface area contributed by atoms with E-state index < -0.39 is 0 Å². The van der Waals surface area contributed by atoms with Crippen molar-refractivity contribution >= 4 is 0 Å². The van der Waals surface area contributed by atoms with E-state index in [1.807, 2.05) is 0 Å². The minimum Gasteiger partial charge on any atom is -0.379 e. The van der Waals surface area contributed by atoms with Crippen LogP contribution < -0.4 is 0 Å². The maximum Gasteiger partial charge on any atom is 0.0705 e. The number of rotatable bonds is 3. The fraction of sp³-hybridized carbons (Fsp3) is 0.389. The predicted octanol–water partition coefficient (Wildman–Crippen LogP) is 3.20. The number of pyridine rings is 1. The Morgan fingerprint density at radius 1 is 1.10 bits per heavy atom. The number of hydrogen-bond donors (Lipinski definition) is 0. The highest BCUT2D eigenvalue weighted by atomic mass is 16.5. The van der Waals surface area contributed by atoms with Crippen LogP contribution in [0.1, 0.15) is 16.8 Å². The van der Waals surface area contributed by atoms with Gasteiger partial charge in [0.05, 0.1) is 18.9 Å². The van der Waals surface area contributed by atoms with Crippen molar-refractivity contribution in [3.8, 4) is 11.3 Å². The van der Waals surface area contributed by atoms with Gasteiger partial charge >= 0.3 is 0 Å². The molecular formula is C18H22N2O. The Morgan fingerprint density at radius 2 is 1.90 bits per heavy atom. The molecule has 110 valence electrons. The van der Waals surface area contributed by atoms with E-state index in [4.69, 9.17) is 9.72 Å². The molecule has 3 heteroatoms. The highest BCUT2D eigenvalue weighted by Crippen LogP contribution is 2.21. The van der Waals surface area contributed by atoms with Gasteiger partial charge in [-0.2, -0.15) is 0 Å². The number of morpholine rings is 1. The summed E-state index contributed by atoms with van der Waals surface area (Å²) in [6.07, 6.45) is 0. The van der Waals surface area contributed by atoms with Gasteiger partial charge in [-0.05, 0) is 37.1 Å². The first-order valence-electron chi connectivity index (χ1n) is 7.56. The highest BCUT2D eigenvalue weighted by molar-refractivity contribution is 5.60. The van der Waals surface area contributed by atoms with Crippen molar-refractivity contribution in [1.29, 1.82) is 0 Å². The average Bonchev–Trinajstić information content (AvgIpc) is 2.51. The first-order chi connectivity index (χ1) is 10.2. The topological polar surface area (TPSA) is 25.4 Å². The molecular weight excluding hydrogens is 260 g/mol. The van der Waals surface area contributed by atoms with Gasteiger partial charge in [-0.15, -0.1) is 0 Å². The molecule has 2 aromatic rings. The number of hydrogen-bond acceptors (Lipinski definition) is 3. The van der Waals surface area contributed by atoms with Crippen LogP contribution in [0.2, 0.25) is 0 Å². The van der Waals surface area contributed by atoms with Crippen LogP contribution in [0.25, 0.3) is 11.3 Å². The van der Waals surface area contributed by atoms with Crippen molar-refractivity contribution < 1.29 is 4.74 Å². The van der Waals surface area contributed by atoms with E-state index in [9.17, 15) is 0 Å². The first-order valence-corrected chi connectivity index (χ1v) is 7.56. The monoisotopic (exact) mass is 282 g/mol. The van der Waals surface area contributed by atoms with Gasteiger partial charge in [0.2, 0.25) is 0 Å². The smallest absolute Gasteiger partial charge is 0.0705 e. The van der Waals surface area contributed by atoms with Gasteiger partial charge < -0.3 is 4.74 Å². The minimum atomic E-state index is 0.846. The van der Waals surface area contributed by atoms with Crippen LogP contribution in [0.4, 0.5) is 0 Å². The second-order valence-electron chi connectivity index (χ2n) is 5.69. The Kier molecular flexibility index (Phi) is 4.32. The summed E-state index contributed by atoms with van der Waals surface area (Å²) in [5, 5.41) is 0. The van der Waals surface area contributed by atoms with Crippen LogP contribution in [0.5, 0.6) is 0 Å². The molecule has 3 rings (SSSR count). The van der Waals surface area contributed by atoms with E-state index in [0.29, 0.717) is 0 Å². The number of ether oxygens (including phenoxy) is 1. The molecule has 2 heterocycles. The van der Waals surface area contributed by atoms with Crippen molar-refractivity contribution in [2.75, 3.05) is 26.3 Å². The molecule has 0 N–H and O–H groups in total. The minimum absolute atomic E-state index is 0.846. The van der Waals surface area contributed by atoms with Crippen molar-refractivity contribution in [1.82, 2.24) is 9.88 Å². The van der Waals surface area contributed by atoms with Crippen LogP contribution in [-0.4, -0.2) is 36.2 Å². The second kappa shape index (κ2) is 6.37. The molecule has 1 aromatic heterocycles. The molecule has 0 atom stereocenters. The lowest BCUT2D eigenvalue weighted by molar-refractivity contribution is 0.0342. The number of nitrogens with zero attached hydrogens (tertiary/aromatic N) is 2. The third kappa shape index (κ3) is 3.49. The summed E-state index contributed by atoms with van der Waals surface area (Å²) in [6, 6.07) is 13.0. The van der Waals surface area contributed by atoms with Crippen molar-refractivity contribution in [3.63, 3.8) is 0 Å². The predicted molar refractivity (Wildman–Crippen MR) is 85.2 cm³/mol. The molecule has 0 aliphatic carbocycles. The van der Waals surface area contributed by atoms with Gasteiger partial charge in [0.25, 0.3) is 0 Å². The first kappa shape index (κ1) is 14.2. The molecule has 0 unspecified atom stereocenters. The van der Waals surface area contributed by atoms with E-state index in [1.54, 1.807) is 0 Å². The average molecular weight is 282 g/mol.